The standard InChI is InChI=1S/C10H10F2O2/c1-3-9(13)14-10-7(11)4-6(2)5-8(10)12/h4-5H,3H2,1-2H3. The molecule has 4 heteroatoms. The van der Waals surface area contributed by atoms with Gasteiger partial charge in [-0.05, 0) is 24.6 Å². The molecule has 0 atom stereocenters. The number of aryl methyl sites for hydroxylation is 1. The second-order valence-electron chi connectivity index (χ2n) is 2.89. The summed E-state index contributed by atoms with van der Waals surface area (Å²) in [5.74, 6) is -3.00. The average molecular weight is 200 g/mol. The quantitative estimate of drug-likeness (QED) is 0.541. The summed E-state index contributed by atoms with van der Waals surface area (Å²) >= 11 is 0. The Morgan fingerprint density at radius 3 is 2.29 bits per heavy atom. The zero-order valence-corrected chi connectivity index (χ0v) is 7.93. The molecule has 0 aliphatic rings. The van der Waals surface area contributed by atoms with Gasteiger partial charge >= 0.3 is 5.97 Å². The fraction of sp³-hybridized carbons (Fsp3) is 0.300. The molecule has 14 heavy (non-hydrogen) atoms. The number of hydrogen-bond donors (Lipinski definition) is 0. The minimum absolute atomic E-state index is 0.0761. The molecule has 0 fully saturated rings. The van der Waals surface area contributed by atoms with E-state index in [0.717, 1.165) is 12.1 Å². The maximum atomic E-state index is 13.1. The summed E-state index contributed by atoms with van der Waals surface area (Å²) in [5, 5.41) is 0. The number of ether oxygens (including phenoxy) is 1. The molecule has 0 heterocycles. The fourth-order valence-corrected chi connectivity index (χ4v) is 0.970. The predicted octanol–water partition coefficient (Wildman–Crippen LogP) is 2.59. The van der Waals surface area contributed by atoms with Crippen LogP contribution in [0, 0.1) is 18.6 Å². The van der Waals surface area contributed by atoms with E-state index in [1.165, 1.54) is 0 Å². The molecule has 76 valence electrons. The molecule has 0 amide bonds. The minimum atomic E-state index is -0.857. The number of halogens is 2. The van der Waals surface area contributed by atoms with E-state index in [4.69, 9.17) is 0 Å². The van der Waals surface area contributed by atoms with Crippen molar-refractivity contribution in [3.63, 3.8) is 0 Å². The van der Waals surface area contributed by atoms with Crippen LogP contribution in [0.2, 0.25) is 0 Å². The molecule has 0 aliphatic carbocycles. The first-order valence-corrected chi connectivity index (χ1v) is 4.21. The Labute approximate surface area is 80.5 Å². The fourth-order valence-electron chi connectivity index (χ4n) is 0.970. The second-order valence-corrected chi connectivity index (χ2v) is 2.89. The Hall–Kier alpha value is -1.45. The molecule has 0 spiro atoms. The van der Waals surface area contributed by atoms with Crippen molar-refractivity contribution in [2.45, 2.75) is 20.3 Å². The molecule has 0 unspecified atom stereocenters. The Morgan fingerprint density at radius 1 is 1.36 bits per heavy atom. The predicted molar refractivity (Wildman–Crippen MR) is 47.0 cm³/mol. The topological polar surface area (TPSA) is 26.3 Å². The van der Waals surface area contributed by atoms with Crippen molar-refractivity contribution in [1.29, 1.82) is 0 Å². The van der Waals surface area contributed by atoms with E-state index in [0.29, 0.717) is 5.56 Å². The van der Waals surface area contributed by atoms with Crippen LogP contribution in [0.4, 0.5) is 8.78 Å². The van der Waals surface area contributed by atoms with Gasteiger partial charge in [0.2, 0.25) is 5.75 Å². The number of esters is 1. The number of carbonyl (C=O) groups is 1. The van der Waals surface area contributed by atoms with Gasteiger partial charge in [-0.2, -0.15) is 0 Å². The van der Waals surface area contributed by atoms with Crippen LogP contribution < -0.4 is 4.74 Å². The van der Waals surface area contributed by atoms with Crippen LogP contribution in [-0.2, 0) is 4.79 Å². The van der Waals surface area contributed by atoms with Gasteiger partial charge in [0.05, 0.1) is 0 Å². The van der Waals surface area contributed by atoms with Gasteiger partial charge in [-0.3, -0.25) is 4.79 Å². The van der Waals surface area contributed by atoms with E-state index in [9.17, 15) is 13.6 Å². The lowest BCUT2D eigenvalue weighted by Gasteiger charge is -2.05. The Kier molecular flexibility index (Phi) is 3.17. The highest BCUT2D eigenvalue weighted by atomic mass is 19.1. The van der Waals surface area contributed by atoms with E-state index < -0.39 is 23.4 Å². The van der Waals surface area contributed by atoms with Gasteiger partial charge in [-0.1, -0.05) is 6.92 Å². The minimum Gasteiger partial charge on any atom is -0.420 e. The number of benzene rings is 1. The van der Waals surface area contributed by atoms with Crippen LogP contribution in [0.3, 0.4) is 0 Å². The van der Waals surface area contributed by atoms with Crippen LogP contribution in [0.15, 0.2) is 12.1 Å². The molecule has 1 aromatic carbocycles. The molecule has 0 radical (unpaired) electrons. The summed E-state index contributed by atoms with van der Waals surface area (Å²) in [6.07, 6.45) is 0.0761. The van der Waals surface area contributed by atoms with Gasteiger partial charge in [0.15, 0.2) is 11.6 Å². The van der Waals surface area contributed by atoms with E-state index in [-0.39, 0.29) is 6.42 Å². The lowest BCUT2D eigenvalue weighted by atomic mass is 10.2. The van der Waals surface area contributed by atoms with Crippen molar-refractivity contribution in [2.75, 3.05) is 0 Å². The highest BCUT2D eigenvalue weighted by Crippen LogP contribution is 2.23. The SMILES string of the molecule is CCC(=O)Oc1c(F)cc(C)cc1F. The van der Waals surface area contributed by atoms with Crippen molar-refractivity contribution in [2.24, 2.45) is 0 Å². The van der Waals surface area contributed by atoms with Crippen LogP contribution in [0.25, 0.3) is 0 Å². The highest BCUT2D eigenvalue weighted by Gasteiger charge is 2.14. The smallest absolute Gasteiger partial charge is 0.311 e. The second kappa shape index (κ2) is 4.17. The van der Waals surface area contributed by atoms with Crippen LogP contribution >= 0.6 is 0 Å². The molecule has 0 bridgehead atoms. The number of hydrogen-bond acceptors (Lipinski definition) is 2. The van der Waals surface area contributed by atoms with Gasteiger partial charge < -0.3 is 4.74 Å². The first kappa shape index (κ1) is 10.6. The average Bonchev–Trinajstić information content (AvgIpc) is 2.10. The summed E-state index contributed by atoms with van der Waals surface area (Å²) in [5.41, 5.74) is 0.441. The van der Waals surface area contributed by atoms with Crippen LogP contribution in [-0.4, -0.2) is 5.97 Å². The molecule has 1 aromatic rings. The molecule has 0 N–H and O–H groups in total. The van der Waals surface area contributed by atoms with E-state index in [1.54, 1.807) is 13.8 Å². The van der Waals surface area contributed by atoms with E-state index in [2.05, 4.69) is 4.74 Å². The maximum Gasteiger partial charge on any atom is 0.311 e. The van der Waals surface area contributed by atoms with Crippen molar-refractivity contribution >= 4 is 5.97 Å². The molecule has 0 saturated carbocycles. The largest absolute Gasteiger partial charge is 0.420 e. The Bertz CT molecular complexity index is 338. The third kappa shape index (κ3) is 2.28. The zero-order valence-electron chi connectivity index (χ0n) is 7.93. The number of carbonyl (C=O) groups excluding carboxylic acids is 1. The summed E-state index contributed by atoms with van der Waals surface area (Å²) in [4.78, 5) is 10.8. The molecular formula is C10H10F2O2. The highest BCUT2D eigenvalue weighted by molar-refractivity contribution is 5.72. The Morgan fingerprint density at radius 2 is 1.86 bits per heavy atom. The molecule has 0 aliphatic heterocycles. The van der Waals surface area contributed by atoms with Crippen molar-refractivity contribution in [1.82, 2.24) is 0 Å². The monoisotopic (exact) mass is 200 g/mol. The molecule has 0 saturated heterocycles. The third-order valence-electron chi connectivity index (χ3n) is 1.65. The molecular weight excluding hydrogens is 190 g/mol. The zero-order chi connectivity index (χ0) is 10.7. The lowest BCUT2D eigenvalue weighted by molar-refractivity contribution is -0.134. The van der Waals surface area contributed by atoms with E-state index in [1.807, 2.05) is 0 Å². The Balaban J connectivity index is 3.02. The van der Waals surface area contributed by atoms with Crippen molar-refractivity contribution in [3.8, 4) is 5.75 Å². The molecule has 0 aromatic heterocycles. The van der Waals surface area contributed by atoms with Gasteiger partial charge in [0, 0.05) is 6.42 Å². The first-order valence-electron chi connectivity index (χ1n) is 4.21. The van der Waals surface area contributed by atoms with Gasteiger partial charge in [-0.15, -0.1) is 0 Å². The first-order chi connectivity index (χ1) is 6.54. The lowest BCUT2D eigenvalue weighted by Crippen LogP contribution is -2.08. The molecule has 1 rings (SSSR count). The van der Waals surface area contributed by atoms with Crippen LogP contribution in [0.1, 0.15) is 18.9 Å². The summed E-state index contributed by atoms with van der Waals surface area (Å²) in [6.45, 7) is 3.10. The van der Waals surface area contributed by atoms with Crippen LogP contribution in [0.5, 0.6) is 5.75 Å². The van der Waals surface area contributed by atoms with E-state index >= 15 is 0 Å². The summed E-state index contributed by atoms with van der Waals surface area (Å²) in [6, 6.07) is 2.22. The van der Waals surface area contributed by atoms with Gasteiger partial charge in [0.1, 0.15) is 0 Å². The summed E-state index contributed by atoms with van der Waals surface area (Å²) in [7, 11) is 0. The third-order valence-corrected chi connectivity index (χ3v) is 1.65. The van der Waals surface area contributed by atoms with Gasteiger partial charge in [0.25, 0.3) is 0 Å². The summed E-state index contributed by atoms with van der Waals surface area (Å²) < 4.78 is 30.7. The van der Waals surface area contributed by atoms with Gasteiger partial charge in [-0.25, -0.2) is 8.78 Å². The molecule has 2 nitrogen and oxygen atoms in total. The van der Waals surface area contributed by atoms with Crippen molar-refractivity contribution in [3.05, 3.63) is 29.3 Å². The maximum absolute atomic E-state index is 13.1. The number of rotatable bonds is 2. The van der Waals surface area contributed by atoms with Crippen molar-refractivity contribution < 1.29 is 18.3 Å². The normalized spacial score (nSPS) is 10.0.